The number of anilines is 5. The minimum atomic E-state index is -3.15. The zero-order valence-corrected chi connectivity index (χ0v) is 63.6. The number of amides is 1. The minimum Gasteiger partial charge on any atom is -0.371 e. The Morgan fingerprint density at radius 2 is 0.802 bits per heavy atom. The van der Waals surface area contributed by atoms with E-state index in [1.54, 1.807) is 29.8 Å². The van der Waals surface area contributed by atoms with Gasteiger partial charge in [0, 0.05) is 198 Å². The average Bonchev–Trinajstić information content (AvgIpc) is 1.58. The van der Waals surface area contributed by atoms with Crippen molar-refractivity contribution >= 4 is 181 Å². The van der Waals surface area contributed by atoms with Crippen LogP contribution in [-0.4, -0.2) is 248 Å². The average molecular weight is 1580 g/mol. The molecule has 17 rings (SSSR count). The van der Waals surface area contributed by atoms with Crippen molar-refractivity contribution in [3.8, 4) is 0 Å². The first-order valence-electron chi connectivity index (χ1n) is 33.3. The molecule has 7 aliphatic rings. The fraction of sp³-hybridized carbons (Fsp3) is 0.455. The van der Waals surface area contributed by atoms with E-state index < -0.39 is 30.1 Å². The molecule has 540 valence electrons. The van der Waals surface area contributed by atoms with E-state index in [0.717, 1.165) is 184 Å². The molecule has 7 fully saturated rings. The summed E-state index contributed by atoms with van der Waals surface area (Å²) in [7, 11) is -7.23. The molecule has 27 nitrogen and oxygen atoms in total. The van der Waals surface area contributed by atoms with Crippen molar-refractivity contribution in [2.24, 2.45) is 0 Å². The highest BCUT2D eigenvalue weighted by molar-refractivity contribution is 9.10. The van der Waals surface area contributed by atoms with Crippen LogP contribution in [-0.2, 0) is 34.9 Å². The van der Waals surface area contributed by atoms with Gasteiger partial charge in [0.25, 0.3) is 0 Å². The molecule has 5 aromatic carbocycles. The van der Waals surface area contributed by atoms with E-state index in [-0.39, 0.29) is 23.0 Å². The maximum absolute atomic E-state index is 12.0. The van der Waals surface area contributed by atoms with Crippen LogP contribution in [0.1, 0.15) is 45.4 Å². The van der Waals surface area contributed by atoms with Gasteiger partial charge in [-0.15, -0.1) is 0 Å². The molecular formula is C66H81BrCl4N20O7S3. The van der Waals surface area contributed by atoms with Gasteiger partial charge in [0.1, 0.15) is 0 Å². The smallest absolute Gasteiger partial charge is 0.220 e. The van der Waals surface area contributed by atoms with Gasteiger partial charge in [-0.3, -0.25) is 30.3 Å². The van der Waals surface area contributed by atoms with Crippen LogP contribution in [0.2, 0.25) is 20.1 Å². The molecule has 5 aromatic heterocycles. The van der Waals surface area contributed by atoms with Crippen molar-refractivity contribution in [1.29, 1.82) is 0 Å². The van der Waals surface area contributed by atoms with Crippen LogP contribution >= 0.6 is 62.3 Å². The number of hydrogen-bond donors (Lipinski definition) is 6. The Kier molecular flexibility index (Phi) is 21.1. The van der Waals surface area contributed by atoms with Crippen LogP contribution in [0.15, 0.2) is 96.1 Å². The third-order valence-electron chi connectivity index (χ3n) is 20.0. The lowest BCUT2D eigenvalue weighted by atomic mass is 10.0. The van der Waals surface area contributed by atoms with E-state index in [4.69, 9.17) is 46.4 Å². The van der Waals surface area contributed by atoms with Gasteiger partial charge in [-0.25, -0.2) is 30.0 Å². The highest BCUT2D eigenvalue weighted by atomic mass is 79.9. The lowest BCUT2D eigenvalue weighted by Crippen LogP contribution is -2.56. The van der Waals surface area contributed by atoms with E-state index in [1.807, 2.05) is 78.0 Å². The number of H-pyrrole nitrogens is 5. The Labute approximate surface area is 614 Å². The summed E-state index contributed by atoms with van der Waals surface area (Å²) in [6.07, 6.45) is 18.5. The number of benzene rings is 5. The Morgan fingerprint density at radius 3 is 1.18 bits per heavy atom. The van der Waals surface area contributed by atoms with Crippen molar-refractivity contribution in [3.63, 3.8) is 0 Å². The molecule has 5 aliphatic heterocycles. The zero-order chi connectivity index (χ0) is 71.3. The molecule has 0 bridgehead atoms. The monoisotopic (exact) mass is 1580 g/mol. The second kappa shape index (κ2) is 29.4. The Morgan fingerprint density at radius 1 is 0.455 bits per heavy atom. The molecule has 0 unspecified atom stereocenters. The topological polar surface area (TPSA) is 304 Å². The standard InChI is InChI=1S/C15H17ClN4O.C14H17ClN4O2S.C13H17ClN4O2S.C12H15BrN4O2S.C12H15ClN4/c1-10(21)20-5-4-19(9-15(20)2-3-15)14-7-11(16)6-13-12(14)8-17-18-13;1-22(20,21)19-5-4-18(9-14(19)2-3-14)13-7-10(15)6-12-11(13)8-16-17-12;1-21(19,20)17-10-2-4-18(5-3-10)13-7-9(14)6-12-11(13)8-15-16-12;1-20(18,19)17-4-2-16(3-5-17)12-7-9(13)6-11-10(12)8-14-15-11;1-16-2-4-17(5-3-16)12-7-9(13)6-11-10(12)8-14-15-11/h6-8H,2-5,9H2,1H3,(H,17,18);6-8H,2-5,9H2,1H3,(H,16,17);6-8,10,17H,2-5H2,1H3,(H,15,16);6-8H,2-5H2,1H3,(H,14,15);6-8H,2-5H2,1H3,(H,14,15). The number of nitrogens with one attached hydrogen (secondary N) is 6. The minimum absolute atomic E-state index is 0.00951. The highest BCUT2D eigenvalue weighted by Gasteiger charge is 2.55. The van der Waals surface area contributed by atoms with Crippen LogP contribution in [0.25, 0.3) is 54.5 Å². The second-order valence-corrected chi connectivity index (χ2v) is 35.5. The quantitative estimate of drug-likeness (QED) is 0.0784. The van der Waals surface area contributed by atoms with Gasteiger partial charge in [-0.2, -0.15) is 34.1 Å². The maximum atomic E-state index is 12.0. The fourth-order valence-electron chi connectivity index (χ4n) is 14.6. The van der Waals surface area contributed by atoms with Crippen molar-refractivity contribution in [1.82, 2.24) is 74.1 Å². The number of piperidine rings is 1. The summed E-state index contributed by atoms with van der Waals surface area (Å²) in [4.78, 5) is 27.6. The molecule has 2 saturated carbocycles. The molecule has 1 amide bonds. The predicted octanol–water partition coefficient (Wildman–Crippen LogP) is 9.36. The number of aromatic nitrogens is 10. The lowest BCUT2D eigenvalue weighted by Gasteiger charge is -2.43. The predicted molar refractivity (Wildman–Crippen MR) is 407 cm³/mol. The van der Waals surface area contributed by atoms with Crippen LogP contribution < -0.4 is 29.2 Å². The first-order valence-corrected chi connectivity index (χ1v) is 41.2. The number of nitrogens with zero attached hydrogens (tertiary/aromatic N) is 14. The SMILES string of the molecule is CC(=O)N1CCN(c2cc(Cl)cc3[nH]ncc23)CC12CC2.CN1CCN(c2cc(Cl)cc3[nH]ncc23)CC1.CS(=O)(=O)N1CCN(c2cc(Br)cc3[nH]ncc23)CC1.CS(=O)(=O)N1CCN(c2cc(Cl)cc3[nH]ncc23)CC12CC2.CS(=O)(=O)NC1CCN(c2cc(Cl)cc3[nH]ncc23)CC1. The number of fused-ring (bicyclic) bond motifs is 5. The van der Waals surface area contributed by atoms with Crippen LogP contribution in [0.5, 0.6) is 0 Å². The lowest BCUT2D eigenvalue weighted by molar-refractivity contribution is -0.132. The number of sulfonamides is 3. The zero-order valence-electron chi connectivity index (χ0n) is 56.5. The number of rotatable bonds is 9. The van der Waals surface area contributed by atoms with Crippen molar-refractivity contribution in [2.75, 3.05) is 155 Å². The Bertz CT molecular complexity index is 5030. The molecule has 10 heterocycles. The number of hydrogen-bond acceptors (Lipinski definition) is 18. The number of piperazine rings is 4. The number of carbonyl (C=O) groups excluding carboxylic acids is 1. The third kappa shape index (κ3) is 16.6. The van der Waals surface area contributed by atoms with Gasteiger partial charge in [-0.1, -0.05) is 62.3 Å². The van der Waals surface area contributed by atoms with E-state index in [2.05, 4.69) is 108 Å². The van der Waals surface area contributed by atoms with Crippen molar-refractivity contribution < 1.29 is 30.0 Å². The second-order valence-electron chi connectivity index (χ2n) is 27.2. The summed E-state index contributed by atoms with van der Waals surface area (Å²) in [5.41, 5.74) is 10.0. The van der Waals surface area contributed by atoms with E-state index in [0.29, 0.717) is 60.9 Å². The van der Waals surface area contributed by atoms with Crippen LogP contribution in [0, 0.1) is 0 Å². The Balaban J connectivity index is 0.000000113. The summed E-state index contributed by atoms with van der Waals surface area (Å²) < 4.78 is 76.5. The molecular weight excluding hydrogens is 1500 g/mol. The summed E-state index contributed by atoms with van der Waals surface area (Å²) in [6.45, 7) is 14.3. The largest absolute Gasteiger partial charge is 0.371 e. The van der Waals surface area contributed by atoms with Gasteiger partial charge in [0.2, 0.25) is 36.0 Å². The third-order valence-corrected chi connectivity index (χ3v) is 24.7. The summed E-state index contributed by atoms with van der Waals surface area (Å²) in [5, 5.41) is 43.4. The summed E-state index contributed by atoms with van der Waals surface area (Å²) >= 11 is 28.2. The van der Waals surface area contributed by atoms with E-state index >= 15 is 0 Å². The first kappa shape index (κ1) is 72.6. The fourth-order valence-corrected chi connectivity index (χ4v) is 19.0. The molecule has 0 radical (unpaired) electrons. The Hall–Kier alpha value is -6.75. The molecule has 0 atom stereocenters. The number of carbonyl (C=O) groups is 1. The van der Waals surface area contributed by atoms with Crippen molar-refractivity contribution in [3.05, 3.63) is 116 Å². The molecule has 35 heteroatoms. The van der Waals surface area contributed by atoms with Gasteiger partial charge in [0.15, 0.2) is 0 Å². The first-order chi connectivity index (χ1) is 48.1. The van der Waals surface area contributed by atoms with Gasteiger partial charge in [-0.05, 0) is 106 Å². The van der Waals surface area contributed by atoms with Gasteiger partial charge < -0.3 is 34.3 Å². The van der Waals surface area contributed by atoms with Crippen LogP contribution in [0.4, 0.5) is 28.4 Å². The molecule has 2 spiro atoms. The molecule has 101 heavy (non-hydrogen) atoms. The summed E-state index contributed by atoms with van der Waals surface area (Å²) in [5.74, 6) is 0.187. The number of halogens is 5. The maximum Gasteiger partial charge on any atom is 0.220 e. The number of likely N-dealkylation sites (N-methyl/N-ethyl adjacent to an activating group) is 1. The van der Waals surface area contributed by atoms with Gasteiger partial charge in [0.05, 0.1) is 88.4 Å². The molecule has 5 saturated heterocycles. The van der Waals surface area contributed by atoms with E-state index in [9.17, 15) is 30.0 Å². The number of aromatic amines is 5. The summed E-state index contributed by atoms with van der Waals surface area (Å²) in [6, 6.07) is 19.5. The van der Waals surface area contributed by atoms with Gasteiger partial charge >= 0.3 is 0 Å². The molecule has 10 aromatic rings. The molecule has 6 N–H and O–H groups in total. The van der Waals surface area contributed by atoms with E-state index in [1.165, 1.54) is 28.8 Å². The van der Waals surface area contributed by atoms with Crippen molar-refractivity contribution in [2.45, 2.75) is 62.6 Å². The van der Waals surface area contributed by atoms with Crippen LogP contribution in [0.3, 0.4) is 0 Å². The highest BCUT2D eigenvalue weighted by Crippen LogP contribution is 2.48. The molecule has 2 aliphatic carbocycles. The normalized spacial score (nSPS) is 19.1.